The van der Waals surface area contributed by atoms with Crippen molar-refractivity contribution < 1.29 is 39.2 Å². The number of hydrogen-bond donors (Lipinski definition) is 2. The maximum atomic E-state index is 12.4. The molecule has 50 heavy (non-hydrogen) atoms. The van der Waals surface area contributed by atoms with Gasteiger partial charge in [-0.05, 0) is 66.8 Å². The molecule has 1 unspecified atom stereocenters. The van der Waals surface area contributed by atoms with Crippen LogP contribution >= 0.6 is 0 Å². The van der Waals surface area contributed by atoms with E-state index in [4.69, 9.17) is 9.47 Å². The Kier molecular flexibility index (Phi) is 10.5. The molecule has 0 aliphatic heterocycles. The first-order valence-corrected chi connectivity index (χ1v) is 15.6. The predicted octanol–water partition coefficient (Wildman–Crippen LogP) is 5.57. The molecular weight excluding hydrogens is 650 g/mol. The SMILES string of the molecule is CCCc1nc(C(C)(C)O)c(C(=O)O)n1Cc1ccc(-c2ccccc2-c2nnn(C(C)OC(=O)Oc3ccc(CO[N+](=O)[O-])cc3)n2)cc1. The third-order valence-corrected chi connectivity index (χ3v) is 7.56. The van der Waals surface area contributed by atoms with Gasteiger partial charge in [-0.25, -0.2) is 14.6 Å². The third-order valence-electron chi connectivity index (χ3n) is 7.56. The van der Waals surface area contributed by atoms with Gasteiger partial charge in [0.1, 0.15) is 29.5 Å². The molecular formula is C34H35N7O9. The van der Waals surface area contributed by atoms with E-state index in [-0.39, 0.29) is 36.1 Å². The molecule has 0 fully saturated rings. The zero-order valence-corrected chi connectivity index (χ0v) is 27.7. The van der Waals surface area contributed by atoms with Crippen molar-refractivity contribution in [3.05, 3.63) is 111 Å². The number of carbonyl (C=O) groups is 2. The molecule has 16 heteroatoms. The highest BCUT2D eigenvalue weighted by atomic mass is 16.9. The minimum absolute atomic E-state index is 0.0346. The number of carboxylic acid groups (broad SMARTS) is 1. The van der Waals surface area contributed by atoms with Crippen LogP contribution in [0.25, 0.3) is 22.5 Å². The van der Waals surface area contributed by atoms with E-state index in [1.165, 1.54) is 38.1 Å². The van der Waals surface area contributed by atoms with Gasteiger partial charge in [0.05, 0.1) is 0 Å². The highest BCUT2D eigenvalue weighted by Crippen LogP contribution is 2.31. The van der Waals surface area contributed by atoms with Gasteiger partial charge in [0.2, 0.25) is 12.1 Å². The zero-order valence-electron chi connectivity index (χ0n) is 27.7. The third kappa shape index (κ3) is 8.27. The fraction of sp³-hybridized carbons (Fsp3) is 0.294. The van der Waals surface area contributed by atoms with Crippen molar-refractivity contribution in [3.63, 3.8) is 0 Å². The highest BCUT2D eigenvalue weighted by molar-refractivity contribution is 5.87. The normalized spacial score (nSPS) is 11.9. The van der Waals surface area contributed by atoms with Crippen LogP contribution in [0.5, 0.6) is 5.75 Å². The molecule has 0 bridgehead atoms. The number of tetrazole rings is 1. The summed E-state index contributed by atoms with van der Waals surface area (Å²) in [5.74, 6) is -0.122. The van der Waals surface area contributed by atoms with Crippen LogP contribution in [0.4, 0.5) is 4.79 Å². The number of ether oxygens (including phenoxy) is 2. The molecule has 0 saturated carbocycles. The molecule has 5 rings (SSSR count). The number of aryl methyl sites for hydroxylation is 1. The van der Waals surface area contributed by atoms with E-state index in [9.17, 15) is 29.9 Å². The molecule has 3 aromatic carbocycles. The summed E-state index contributed by atoms with van der Waals surface area (Å²) in [5, 5.41) is 42.8. The van der Waals surface area contributed by atoms with Crippen molar-refractivity contribution in [1.29, 1.82) is 0 Å². The number of aromatic nitrogens is 6. The molecule has 0 spiro atoms. The molecule has 260 valence electrons. The first-order chi connectivity index (χ1) is 23.8. The monoisotopic (exact) mass is 685 g/mol. The Morgan fingerprint density at radius 1 is 1.00 bits per heavy atom. The summed E-state index contributed by atoms with van der Waals surface area (Å²) in [5.41, 5.74) is 2.35. The van der Waals surface area contributed by atoms with Crippen molar-refractivity contribution in [3.8, 4) is 28.3 Å². The molecule has 1 atom stereocenters. The van der Waals surface area contributed by atoms with Gasteiger partial charge in [-0.2, -0.15) is 0 Å². The average molecular weight is 686 g/mol. The van der Waals surface area contributed by atoms with Gasteiger partial charge in [-0.1, -0.05) is 67.6 Å². The van der Waals surface area contributed by atoms with Crippen LogP contribution in [-0.2, 0) is 34.7 Å². The van der Waals surface area contributed by atoms with E-state index in [1.807, 2.05) is 55.5 Å². The van der Waals surface area contributed by atoms with Crippen molar-refractivity contribution in [2.24, 2.45) is 0 Å². The first-order valence-electron chi connectivity index (χ1n) is 15.6. The molecule has 16 nitrogen and oxygen atoms in total. The number of hydrogen-bond acceptors (Lipinski definition) is 12. The quantitative estimate of drug-likeness (QED) is 0.0635. The Labute approximate surface area is 286 Å². The number of imidazole rings is 1. The Morgan fingerprint density at radius 2 is 1.66 bits per heavy atom. The second-order valence-electron chi connectivity index (χ2n) is 11.8. The highest BCUT2D eigenvalue weighted by Gasteiger charge is 2.31. The summed E-state index contributed by atoms with van der Waals surface area (Å²) < 4.78 is 12.1. The lowest BCUT2D eigenvalue weighted by molar-refractivity contribution is -0.763. The maximum absolute atomic E-state index is 12.4. The topological polar surface area (TPSA) is 207 Å². The average Bonchev–Trinajstić information content (AvgIpc) is 3.71. The lowest BCUT2D eigenvalue weighted by atomic mass is 9.98. The van der Waals surface area contributed by atoms with Gasteiger partial charge in [0, 0.05) is 18.5 Å². The molecule has 2 N–H and O–H groups in total. The van der Waals surface area contributed by atoms with Gasteiger partial charge in [0.15, 0.2) is 5.69 Å². The van der Waals surface area contributed by atoms with Crippen LogP contribution in [-0.4, -0.2) is 57.2 Å². The number of carbonyl (C=O) groups excluding carboxylic acids is 1. The van der Waals surface area contributed by atoms with Crippen LogP contribution in [0.15, 0.2) is 72.8 Å². The summed E-state index contributed by atoms with van der Waals surface area (Å²) >= 11 is 0. The largest absolute Gasteiger partial charge is 0.515 e. The lowest BCUT2D eigenvalue weighted by Gasteiger charge is -2.16. The standard InChI is InChI=1S/C34H35N7O9/c1-5-8-28-35-30(34(3,4)45)29(32(42)43)39(28)19-22-11-15-24(16-12-22)26-9-6-7-10-27(26)31-36-38-40(37-31)21(2)49-33(44)50-25-17-13-23(14-18-25)20-48-41(46)47/h6-7,9-18,21,45H,5,8,19-20H2,1-4H3,(H,42,43). The van der Waals surface area contributed by atoms with Crippen molar-refractivity contribution >= 4 is 12.1 Å². The minimum atomic E-state index is -1.42. The Balaban J connectivity index is 1.29. The van der Waals surface area contributed by atoms with E-state index in [1.54, 1.807) is 11.5 Å². The van der Waals surface area contributed by atoms with Crippen molar-refractivity contribution in [2.75, 3.05) is 0 Å². The molecule has 0 amide bonds. The predicted molar refractivity (Wildman–Crippen MR) is 176 cm³/mol. The van der Waals surface area contributed by atoms with E-state index < -0.39 is 29.0 Å². The van der Waals surface area contributed by atoms with Gasteiger partial charge < -0.3 is 29.1 Å². The first kappa shape index (κ1) is 35.2. The zero-order chi connectivity index (χ0) is 36.0. The Bertz CT molecular complexity index is 1980. The number of aromatic carboxylic acids is 1. The summed E-state index contributed by atoms with van der Waals surface area (Å²) in [6, 6.07) is 21.0. The number of aliphatic hydroxyl groups is 1. The molecule has 0 aliphatic rings. The molecule has 0 radical (unpaired) electrons. The van der Waals surface area contributed by atoms with Crippen LogP contribution < -0.4 is 4.74 Å². The fourth-order valence-electron chi connectivity index (χ4n) is 5.20. The second-order valence-corrected chi connectivity index (χ2v) is 11.8. The number of rotatable bonds is 14. The summed E-state index contributed by atoms with van der Waals surface area (Å²) in [6.07, 6.45) is -0.682. The number of benzene rings is 3. The van der Waals surface area contributed by atoms with Gasteiger partial charge in [-0.15, -0.1) is 25.1 Å². The van der Waals surface area contributed by atoms with Crippen LogP contribution in [0, 0.1) is 10.1 Å². The van der Waals surface area contributed by atoms with E-state index >= 15 is 0 Å². The van der Waals surface area contributed by atoms with Crippen LogP contribution in [0.1, 0.15) is 73.5 Å². The lowest BCUT2D eigenvalue weighted by Crippen LogP contribution is -2.22. The maximum Gasteiger partial charge on any atom is 0.515 e. The number of carboxylic acids is 1. The van der Waals surface area contributed by atoms with E-state index in [0.29, 0.717) is 23.4 Å². The summed E-state index contributed by atoms with van der Waals surface area (Å²) in [6.45, 7) is 6.58. The number of nitrogens with zero attached hydrogens (tertiary/aromatic N) is 7. The summed E-state index contributed by atoms with van der Waals surface area (Å²) in [4.78, 5) is 45.0. The van der Waals surface area contributed by atoms with Crippen molar-refractivity contribution in [2.45, 2.75) is 65.5 Å². The fourth-order valence-corrected chi connectivity index (χ4v) is 5.20. The van der Waals surface area contributed by atoms with Gasteiger partial charge in [-0.3, -0.25) is 0 Å². The molecule has 0 aliphatic carbocycles. The minimum Gasteiger partial charge on any atom is -0.477 e. The molecule has 0 saturated heterocycles. The smallest absolute Gasteiger partial charge is 0.477 e. The van der Waals surface area contributed by atoms with Gasteiger partial charge in [0.25, 0.3) is 5.09 Å². The molecule has 5 aromatic rings. The molecule has 2 aromatic heterocycles. The van der Waals surface area contributed by atoms with Crippen LogP contribution in [0.2, 0.25) is 0 Å². The second kappa shape index (κ2) is 14.9. The summed E-state index contributed by atoms with van der Waals surface area (Å²) in [7, 11) is 0. The Morgan fingerprint density at radius 3 is 2.28 bits per heavy atom. The Hall–Kier alpha value is -6.16. The van der Waals surface area contributed by atoms with Crippen molar-refractivity contribution in [1.82, 2.24) is 29.8 Å². The van der Waals surface area contributed by atoms with E-state index in [2.05, 4.69) is 25.2 Å². The van der Waals surface area contributed by atoms with E-state index in [0.717, 1.165) is 27.9 Å². The van der Waals surface area contributed by atoms with Gasteiger partial charge >= 0.3 is 12.1 Å². The molecule has 2 heterocycles. The van der Waals surface area contributed by atoms with Crippen LogP contribution in [0.3, 0.4) is 0 Å².